The van der Waals surface area contributed by atoms with E-state index >= 15 is 0 Å². The van der Waals surface area contributed by atoms with Crippen LogP contribution in [0.4, 0.5) is 0 Å². The van der Waals surface area contributed by atoms with Gasteiger partial charge in [0.2, 0.25) is 0 Å². The Labute approximate surface area is 110 Å². The zero-order valence-electron chi connectivity index (χ0n) is 10.5. The highest BCUT2D eigenvalue weighted by Crippen LogP contribution is 2.22. The van der Waals surface area contributed by atoms with Gasteiger partial charge in [0.05, 0.1) is 5.52 Å². The van der Waals surface area contributed by atoms with Crippen molar-refractivity contribution in [1.29, 1.82) is 0 Å². The Balaban J connectivity index is 2.01. The van der Waals surface area contributed by atoms with Crippen LogP contribution in [-0.4, -0.2) is 20.1 Å². The van der Waals surface area contributed by atoms with E-state index in [4.69, 9.17) is 0 Å². The molecule has 0 spiro atoms. The van der Waals surface area contributed by atoms with Gasteiger partial charge in [-0.1, -0.05) is 18.2 Å². The summed E-state index contributed by atoms with van der Waals surface area (Å²) >= 11 is 0. The first kappa shape index (κ1) is 11.7. The van der Waals surface area contributed by atoms with E-state index in [0.29, 0.717) is 5.82 Å². The molecule has 2 heterocycles. The Kier molecular flexibility index (Phi) is 2.93. The number of aromatic nitrogens is 3. The first-order chi connectivity index (χ1) is 9.24. The zero-order chi connectivity index (χ0) is 13.2. The average molecular weight is 251 g/mol. The van der Waals surface area contributed by atoms with Gasteiger partial charge >= 0.3 is 0 Å². The fourth-order valence-corrected chi connectivity index (χ4v) is 1.95. The number of fused-ring (bicyclic) bond motifs is 1. The lowest BCUT2D eigenvalue weighted by molar-refractivity contribution is 0.210. The van der Waals surface area contributed by atoms with Crippen LogP contribution in [0.2, 0.25) is 0 Å². The Morgan fingerprint density at radius 1 is 1.05 bits per heavy atom. The fourth-order valence-electron chi connectivity index (χ4n) is 1.95. The molecule has 4 heteroatoms. The van der Waals surface area contributed by atoms with Crippen LogP contribution in [0, 0.1) is 6.92 Å². The van der Waals surface area contributed by atoms with Crippen LogP contribution in [0.15, 0.2) is 48.9 Å². The molecule has 1 N–H and O–H groups in total. The molecule has 0 aliphatic carbocycles. The Morgan fingerprint density at radius 3 is 2.63 bits per heavy atom. The summed E-state index contributed by atoms with van der Waals surface area (Å²) in [6.07, 6.45) is 4.31. The van der Waals surface area contributed by atoms with Crippen molar-refractivity contribution in [2.75, 3.05) is 0 Å². The monoisotopic (exact) mass is 251 g/mol. The van der Waals surface area contributed by atoms with Crippen molar-refractivity contribution in [3.05, 3.63) is 65.9 Å². The van der Waals surface area contributed by atoms with Crippen LogP contribution in [0.25, 0.3) is 10.9 Å². The molecule has 0 saturated carbocycles. The van der Waals surface area contributed by atoms with Crippen molar-refractivity contribution in [3.8, 4) is 0 Å². The van der Waals surface area contributed by atoms with Crippen molar-refractivity contribution >= 4 is 10.9 Å². The summed E-state index contributed by atoms with van der Waals surface area (Å²) in [5, 5.41) is 11.3. The number of nitrogens with zero attached hydrogens (tertiary/aromatic N) is 3. The number of hydrogen-bond acceptors (Lipinski definition) is 4. The summed E-state index contributed by atoms with van der Waals surface area (Å²) in [6, 6.07) is 9.55. The second-order valence-electron chi connectivity index (χ2n) is 4.48. The third-order valence-electron chi connectivity index (χ3n) is 2.99. The van der Waals surface area contributed by atoms with E-state index in [2.05, 4.69) is 15.0 Å². The van der Waals surface area contributed by atoms with Gasteiger partial charge in [0.15, 0.2) is 5.82 Å². The van der Waals surface area contributed by atoms with E-state index in [-0.39, 0.29) is 0 Å². The summed E-state index contributed by atoms with van der Waals surface area (Å²) in [6.45, 7) is 1.91. The maximum absolute atomic E-state index is 10.3. The molecule has 4 nitrogen and oxygen atoms in total. The molecule has 0 saturated heterocycles. The summed E-state index contributed by atoms with van der Waals surface area (Å²) in [5.74, 6) is 0.404. The minimum atomic E-state index is -0.827. The molecule has 3 rings (SSSR count). The first-order valence-corrected chi connectivity index (χ1v) is 6.05. The smallest absolute Gasteiger partial charge is 0.161 e. The van der Waals surface area contributed by atoms with E-state index in [1.165, 1.54) is 0 Å². The predicted octanol–water partition coefficient (Wildman–Crippen LogP) is 2.41. The second-order valence-corrected chi connectivity index (χ2v) is 4.48. The van der Waals surface area contributed by atoms with Crippen LogP contribution in [0.1, 0.15) is 23.1 Å². The molecule has 1 unspecified atom stereocenters. The highest BCUT2D eigenvalue weighted by atomic mass is 16.3. The first-order valence-electron chi connectivity index (χ1n) is 6.05. The van der Waals surface area contributed by atoms with Gasteiger partial charge in [-0.25, -0.2) is 9.97 Å². The zero-order valence-corrected chi connectivity index (χ0v) is 10.5. The Hall–Kier alpha value is -2.33. The van der Waals surface area contributed by atoms with Crippen molar-refractivity contribution < 1.29 is 5.11 Å². The quantitative estimate of drug-likeness (QED) is 0.760. The van der Waals surface area contributed by atoms with Crippen molar-refractivity contribution in [2.45, 2.75) is 13.0 Å². The maximum atomic E-state index is 10.3. The number of aliphatic hydroxyl groups is 1. The molecular weight excluding hydrogens is 238 g/mol. The molecular formula is C15H13N3O. The average Bonchev–Trinajstić information content (AvgIpc) is 2.47. The minimum absolute atomic E-state index is 0.404. The molecule has 19 heavy (non-hydrogen) atoms. The number of pyridine rings is 1. The third-order valence-corrected chi connectivity index (χ3v) is 2.99. The molecule has 2 aromatic heterocycles. The fraction of sp³-hybridized carbons (Fsp3) is 0.133. The van der Waals surface area contributed by atoms with Gasteiger partial charge in [0, 0.05) is 24.0 Å². The highest BCUT2D eigenvalue weighted by molar-refractivity contribution is 5.79. The molecule has 0 aliphatic heterocycles. The third kappa shape index (κ3) is 2.30. The van der Waals surface area contributed by atoms with Crippen molar-refractivity contribution in [3.63, 3.8) is 0 Å². The number of aryl methyl sites for hydroxylation is 1. The van der Waals surface area contributed by atoms with E-state index < -0.39 is 6.10 Å². The number of benzene rings is 1. The number of rotatable bonds is 2. The topological polar surface area (TPSA) is 58.9 Å². The minimum Gasteiger partial charge on any atom is -0.380 e. The van der Waals surface area contributed by atoms with Crippen molar-refractivity contribution in [1.82, 2.24) is 15.0 Å². The number of aliphatic hydroxyl groups excluding tert-OH is 1. The summed E-state index contributed by atoms with van der Waals surface area (Å²) in [7, 11) is 0. The van der Waals surface area contributed by atoms with Gasteiger partial charge in [-0.15, -0.1) is 0 Å². The molecule has 0 amide bonds. The van der Waals surface area contributed by atoms with Gasteiger partial charge in [0.1, 0.15) is 6.10 Å². The summed E-state index contributed by atoms with van der Waals surface area (Å²) < 4.78 is 0. The lowest BCUT2D eigenvalue weighted by Crippen LogP contribution is -2.05. The van der Waals surface area contributed by atoms with Crippen LogP contribution < -0.4 is 0 Å². The Morgan fingerprint density at radius 2 is 1.84 bits per heavy atom. The van der Waals surface area contributed by atoms with Gasteiger partial charge in [-0.05, 0) is 30.2 Å². The highest BCUT2D eigenvalue weighted by Gasteiger charge is 2.13. The van der Waals surface area contributed by atoms with Crippen LogP contribution >= 0.6 is 0 Å². The molecule has 0 fully saturated rings. The van der Waals surface area contributed by atoms with Gasteiger partial charge in [-0.2, -0.15) is 0 Å². The van der Waals surface area contributed by atoms with E-state index in [9.17, 15) is 5.11 Å². The summed E-state index contributed by atoms with van der Waals surface area (Å²) in [5.41, 5.74) is 2.57. The van der Waals surface area contributed by atoms with Crippen LogP contribution in [0.5, 0.6) is 0 Å². The van der Waals surface area contributed by atoms with Crippen LogP contribution in [0.3, 0.4) is 0 Å². The molecule has 1 atom stereocenters. The maximum Gasteiger partial charge on any atom is 0.161 e. The SMILES string of the molecule is Cc1cnc(C(O)c2ccc3cccnc3c2)nc1. The molecule has 0 aliphatic rings. The van der Waals surface area contributed by atoms with E-state index in [1.54, 1.807) is 18.6 Å². The lowest BCUT2D eigenvalue weighted by atomic mass is 10.1. The molecule has 0 bridgehead atoms. The van der Waals surface area contributed by atoms with Gasteiger partial charge < -0.3 is 5.11 Å². The molecule has 1 aromatic carbocycles. The summed E-state index contributed by atoms with van der Waals surface area (Å²) in [4.78, 5) is 12.6. The standard InChI is InChI=1S/C15H13N3O/c1-10-8-17-15(18-9-10)14(19)12-5-4-11-3-2-6-16-13(11)7-12/h2-9,14,19H,1H3. The lowest BCUT2D eigenvalue weighted by Gasteiger charge is -2.10. The Bertz CT molecular complexity index is 710. The molecule has 0 radical (unpaired) electrons. The normalized spacial score (nSPS) is 12.5. The molecule has 94 valence electrons. The van der Waals surface area contributed by atoms with Gasteiger partial charge in [-0.3, -0.25) is 4.98 Å². The van der Waals surface area contributed by atoms with E-state index in [1.807, 2.05) is 37.3 Å². The molecule has 3 aromatic rings. The van der Waals surface area contributed by atoms with Gasteiger partial charge in [0.25, 0.3) is 0 Å². The second kappa shape index (κ2) is 4.74. The van der Waals surface area contributed by atoms with Crippen molar-refractivity contribution in [2.24, 2.45) is 0 Å². The van der Waals surface area contributed by atoms with E-state index in [0.717, 1.165) is 22.0 Å². The van der Waals surface area contributed by atoms with Crippen LogP contribution in [-0.2, 0) is 0 Å². The number of hydrogen-bond donors (Lipinski definition) is 1. The predicted molar refractivity (Wildman–Crippen MR) is 72.6 cm³/mol. The largest absolute Gasteiger partial charge is 0.380 e.